The van der Waals surface area contributed by atoms with E-state index >= 15 is 0 Å². The number of anilines is 1. The number of hydrogen-bond donors (Lipinski definition) is 2. The van der Waals surface area contributed by atoms with Gasteiger partial charge < -0.3 is 16.0 Å². The third kappa shape index (κ3) is 6.12. The van der Waals surface area contributed by atoms with Crippen molar-refractivity contribution in [2.75, 3.05) is 11.9 Å². The molecule has 2 aromatic heterocycles. The number of carbonyl (C=O) groups is 4. The van der Waals surface area contributed by atoms with Crippen molar-refractivity contribution in [2.45, 2.75) is 31.8 Å². The fourth-order valence-electron chi connectivity index (χ4n) is 4.39. The first-order valence-corrected chi connectivity index (χ1v) is 12.8. The number of nitrogens with two attached hydrogens (primary N) is 1. The monoisotopic (exact) mass is 544 g/mol. The van der Waals surface area contributed by atoms with Gasteiger partial charge in [-0.05, 0) is 42.7 Å². The maximum atomic E-state index is 13.3. The van der Waals surface area contributed by atoms with Gasteiger partial charge >= 0.3 is 0 Å². The predicted molar refractivity (Wildman–Crippen MR) is 145 cm³/mol. The molecule has 10 nitrogen and oxygen atoms in total. The van der Waals surface area contributed by atoms with Crippen LogP contribution in [0.2, 0.25) is 5.15 Å². The fourth-order valence-corrected chi connectivity index (χ4v) is 4.56. The van der Waals surface area contributed by atoms with E-state index < -0.39 is 11.8 Å². The largest absolute Gasteiger partial charge is 0.364 e. The number of carbonyl (C=O) groups excluding carboxylic acids is 4. The minimum absolute atomic E-state index is 0.00885. The van der Waals surface area contributed by atoms with Gasteiger partial charge in [0, 0.05) is 23.4 Å². The third-order valence-electron chi connectivity index (χ3n) is 6.40. The number of pyridine rings is 1. The number of primary amides is 1. The van der Waals surface area contributed by atoms with Crippen molar-refractivity contribution in [1.82, 2.24) is 19.7 Å². The lowest BCUT2D eigenvalue weighted by Gasteiger charge is -2.22. The molecule has 0 atom stereocenters. The van der Waals surface area contributed by atoms with Gasteiger partial charge in [0.25, 0.3) is 5.91 Å². The fraction of sp³-hybridized carbons (Fsp3) is 0.214. The van der Waals surface area contributed by atoms with Crippen LogP contribution >= 0.6 is 11.6 Å². The molecule has 2 aromatic carbocycles. The molecule has 0 bridgehead atoms. The molecule has 4 aromatic rings. The molecular weight excluding hydrogens is 520 g/mol. The first-order chi connectivity index (χ1) is 18.8. The van der Waals surface area contributed by atoms with Crippen LogP contribution in [0, 0.1) is 0 Å². The van der Waals surface area contributed by atoms with Crippen LogP contribution in [-0.4, -0.2) is 55.8 Å². The number of ketones is 1. The highest BCUT2D eigenvalue weighted by molar-refractivity contribution is 6.29. The zero-order valence-electron chi connectivity index (χ0n) is 20.8. The van der Waals surface area contributed by atoms with Gasteiger partial charge in [-0.25, -0.2) is 4.98 Å². The number of amides is 3. The van der Waals surface area contributed by atoms with Gasteiger partial charge in [0.1, 0.15) is 24.1 Å². The molecule has 0 aliphatic heterocycles. The number of nitrogens with zero attached hydrogens (tertiary/aromatic N) is 4. The van der Waals surface area contributed by atoms with Gasteiger partial charge in [-0.3, -0.25) is 23.9 Å². The molecule has 2 heterocycles. The number of nitrogens with one attached hydrogen (secondary N) is 1. The molecule has 0 saturated heterocycles. The van der Waals surface area contributed by atoms with E-state index in [4.69, 9.17) is 17.3 Å². The number of rotatable bonds is 10. The molecule has 3 N–H and O–H groups in total. The number of halogens is 1. The Kier molecular flexibility index (Phi) is 7.38. The molecule has 11 heteroatoms. The zero-order chi connectivity index (χ0) is 27.5. The van der Waals surface area contributed by atoms with Gasteiger partial charge in [-0.15, -0.1) is 0 Å². The highest BCUT2D eigenvalue weighted by Gasteiger charge is 2.34. The maximum absolute atomic E-state index is 13.3. The number of hydrogen-bond acceptors (Lipinski definition) is 6. The summed E-state index contributed by atoms with van der Waals surface area (Å²) in [5, 5.41) is 7.66. The van der Waals surface area contributed by atoms with Gasteiger partial charge in [0.15, 0.2) is 11.5 Å². The topological polar surface area (TPSA) is 140 Å². The summed E-state index contributed by atoms with van der Waals surface area (Å²) in [4.78, 5) is 56.4. The van der Waals surface area contributed by atoms with E-state index in [1.54, 1.807) is 60.7 Å². The molecule has 0 unspecified atom stereocenters. The SMILES string of the molecule is NC(=O)c1nn(CC(=O)N(CC(=O)Nc2cccc(Cl)n2)C2CC2)c2ccc(CC(=O)c3ccccc3)cc12. The number of Topliss-reactive ketones (excluding diaryl/α,β-unsaturated/α-hetero) is 1. The highest BCUT2D eigenvalue weighted by Crippen LogP contribution is 2.28. The minimum Gasteiger partial charge on any atom is -0.364 e. The Labute approximate surface area is 228 Å². The lowest BCUT2D eigenvalue weighted by Crippen LogP contribution is -2.41. The second-order valence-corrected chi connectivity index (χ2v) is 9.72. The van der Waals surface area contributed by atoms with Crippen LogP contribution in [0.3, 0.4) is 0 Å². The first-order valence-electron chi connectivity index (χ1n) is 12.4. The van der Waals surface area contributed by atoms with Crippen LogP contribution in [0.1, 0.15) is 39.3 Å². The van der Waals surface area contributed by atoms with Crippen LogP contribution in [0.15, 0.2) is 66.7 Å². The van der Waals surface area contributed by atoms with Gasteiger partial charge in [-0.2, -0.15) is 5.10 Å². The van der Waals surface area contributed by atoms with Crippen molar-refractivity contribution < 1.29 is 19.2 Å². The summed E-state index contributed by atoms with van der Waals surface area (Å²) in [5.41, 5.74) is 7.40. The lowest BCUT2D eigenvalue weighted by atomic mass is 10.0. The van der Waals surface area contributed by atoms with Crippen molar-refractivity contribution in [2.24, 2.45) is 5.73 Å². The third-order valence-corrected chi connectivity index (χ3v) is 6.61. The summed E-state index contributed by atoms with van der Waals surface area (Å²) in [6.45, 7) is -0.351. The van der Waals surface area contributed by atoms with Gasteiger partial charge in [0.05, 0.1) is 5.52 Å². The Morgan fingerprint density at radius 2 is 1.79 bits per heavy atom. The summed E-state index contributed by atoms with van der Waals surface area (Å²) in [6, 6.07) is 18.9. The lowest BCUT2D eigenvalue weighted by molar-refractivity contribution is -0.135. The predicted octanol–water partition coefficient (Wildman–Crippen LogP) is 3.24. The van der Waals surface area contributed by atoms with Crippen molar-refractivity contribution in [3.63, 3.8) is 0 Å². The van der Waals surface area contributed by atoms with Crippen LogP contribution in [-0.2, 0) is 22.6 Å². The second-order valence-electron chi connectivity index (χ2n) is 9.33. The average Bonchev–Trinajstić information content (AvgIpc) is 3.69. The normalized spacial score (nSPS) is 12.7. The van der Waals surface area contributed by atoms with Gasteiger partial charge in [-0.1, -0.05) is 54.1 Å². The van der Waals surface area contributed by atoms with Crippen LogP contribution in [0.4, 0.5) is 5.82 Å². The number of fused-ring (bicyclic) bond motifs is 1. The minimum atomic E-state index is -0.745. The molecule has 39 heavy (non-hydrogen) atoms. The Hall–Kier alpha value is -4.57. The molecule has 198 valence electrons. The molecule has 1 aliphatic rings. The van der Waals surface area contributed by atoms with E-state index in [1.165, 1.54) is 9.58 Å². The molecule has 3 amide bonds. The van der Waals surface area contributed by atoms with Crippen molar-refractivity contribution in [1.29, 1.82) is 0 Å². The summed E-state index contributed by atoms with van der Waals surface area (Å²) in [5.74, 6) is -1.24. The first kappa shape index (κ1) is 26.1. The van der Waals surface area contributed by atoms with E-state index in [0.29, 0.717) is 27.8 Å². The van der Waals surface area contributed by atoms with E-state index in [0.717, 1.165) is 12.8 Å². The average molecular weight is 545 g/mol. The molecule has 1 fully saturated rings. The van der Waals surface area contributed by atoms with E-state index in [-0.39, 0.29) is 48.1 Å². The second kappa shape index (κ2) is 11.0. The maximum Gasteiger partial charge on any atom is 0.269 e. The summed E-state index contributed by atoms with van der Waals surface area (Å²) in [7, 11) is 0. The highest BCUT2D eigenvalue weighted by atomic mass is 35.5. The Bertz CT molecular complexity index is 1580. The van der Waals surface area contributed by atoms with E-state index in [1.807, 2.05) is 6.07 Å². The Balaban J connectivity index is 1.34. The Morgan fingerprint density at radius 1 is 1.03 bits per heavy atom. The Morgan fingerprint density at radius 3 is 2.49 bits per heavy atom. The van der Waals surface area contributed by atoms with Crippen LogP contribution in [0.5, 0.6) is 0 Å². The standard InChI is InChI=1S/C28H25ClN6O4/c29-23-7-4-8-24(31-23)32-25(37)15-34(19-10-11-19)26(38)16-35-21-12-9-17(13-20(21)27(33-35)28(30)39)14-22(36)18-5-2-1-3-6-18/h1-9,12-13,19H,10-11,14-16H2,(H2,30,39)(H,31,32,37). The van der Waals surface area contributed by atoms with E-state index in [9.17, 15) is 19.2 Å². The van der Waals surface area contributed by atoms with Crippen LogP contribution in [0.25, 0.3) is 10.9 Å². The van der Waals surface area contributed by atoms with E-state index in [2.05, 4.69) is 15.4 Å². The molecular formula is C28H25ClN6O4. The molecule has 5 rings (SSSR count). The summed E-state index contributed by atoms with van der Waals surface area (Å²) in [6.07, 6.45) is 1.72. The molecule has 1 saturated carbocycles. The molecule has 0 spiro atoms. The van der Waals surface area contributed by atoms with Crippen LogP contribution < -0.4 is 11.1 Å². The zero-order valence-corrected chi connectivity index (χ0v) is 21.6. The van der Waals surface area contributed by atoms with Gasteiger partial charge in [0.2, 0.25) is 11.8 Å². The quantitative estimate of drug-likeness (QED) is 0.232. The smallest absolute Gasteiger partial charge is 0.269 e. The van der Waals surface area contributed by atoms with Crippen molar-refractivity contribution in [3.05, 3.63) is 88.7 Å². The summed E-state index contributed by atoms with van der Waals surface area (Å²) < 4.78 is 1.41. The van der Waals surface area contributed by atoms with Crippen molar-refractivity contribution in [3.8, 4) is 0 Å². The molecule has 0 radical (unpaired) electrons. The molecule has 1 aliphatic carbocycles. The number of aromatic nitrogens is 3. The number of benzene rings is 2. The summed E-state index contributed by atoms with van der Waals surface area (Å²) >= 11 is 5.88. The van der Waals surface area contributed by atoms with Crippen molar-refractivity contribution >= 4 is 51.8 Å².